The Kier molecular flexibility index (Phi) is 7.54. The second-order valence-electron chi connectivity index (χ2n) is 8.59. The third-order valence-corrected chi connectivity index (χ3v) is 6.29. The van der Waals surface area contributed by atoms with E-state index < -0.39 is 0 Å². The molecule has 6 nitrogen and oxygen atoms in total. The van der Waals surface area contributed by atoms with Gasteiger partial charge in [0.1, 0.15) is 6.26 Å². The molecule has 0 aliphatic carbocycles. The Morgan fingerprint density at radius 2 is 1.79 bits per heavy atom. The van der Waals surface area contributed by atoms with E-state index in [2.05, 4.69) is 24.1 Å². The second-order valence-corrected chi connectivity index (χ2v) is 8.59. The number of carbonyl (C=O) groups is 2. The highest BCUT2D eigenvalue weighted by Crippen LogP contribution is 2.21. The van der Waals surface area contributed by atoms with Gasteiger partial charge >= 0.3 is 0 Å². The summed E-state index contributed by atoms with van der Waals surface area (Å²) in [6, 6.07) is 2.10. The lowest BCUT2D eigenvalue weighted by Crippen LogP contribution is -2.49. The van der Waals surface area contributed by atoms with Crippen molar-refractivity contribution in [3.8, 4) is 0 Å². The highest BCUT2D eigenvalue weighted by molar-refractivity contribution is 5.94. The van der Waals surface area contributed by atoms with Gasteiger partial charge in [-0.3, -0.25) is 14.5 Å². The van der Waals surface area contributed by atoms with E-state index in [9.17, 15) is 9.59 Å². The number of likely N-dealkylation sites (tertiary alicyclic amines) is 2. The van der Waals surface area contributed by atoms with Gasteiger partial charge in [0.15, 0.2) is 0 Å². The molecule has 28 heavy (non-hydrogen) atoms. The average molecular weight is 390 g/mol. The van der Waals surface area contributed by atoms with Gasteiger partial charge in [-0.15, -0.1) is 0 Å². The summed E-state index contributed by atoms with van der Waals surface area (Å²) in [6.45, 7) is 8.78. The number of piperidine rings is 1. The van der Waals surface area contributed by atoms with Crippen LogP contribution in [0, 0.1) is 11.8 Å². The molecular weight excluding hydrogens is 354 g/mol. The van der Waals surface area contributed by atoms with Crippen molar-refractivity contribution in [2.45, 2.75) is 58.4 Å². The Morgan fingerprint density at radius 3 is 2.36 bits per heavy atom. The van der Waals surface area contributed by atoms with Gasteiger partial charge in [-0.25, -0.2) is 0 Å². The van der Waals surface area contributed by atoms with Crippen molar-refractivity contribution in [3.63, 3.8) is 0 Å². The molecule has 0 unspecified atom stereocenters. The van der Waals surface area contributed by atoms with E-state index in [1.807, 2.05) is 4.90 Å². The van der Waals surface area contributed by atoms with Crippen molar-refractivity contribution in [2.75, 3.05) is 32.7 Å². The number of hydrogen-bond acceptors (Lipinski definition) is 4. The standard InChI is InChI=1S/C22H35N3O3/c1-17(2)20(24-10-5-3-4-6-11-24)15-23-21(26)18-7-12-25(13-8-18)22(27)19-9-14-28-16-19/h9,14,16-18,20H,3-8,10-13,15H2,1-2H3,(H,23,26)/t20-/m1/s1. The van der Waals surface area contributed by atoms with E-state index in [0.29, 0.717) is 30.6 Å². The molecule has 1 N–H and O–H groups in total. The van der Waals surface area contributed by atoms with Gasteiger partial charge in [0.2, 0.25) is 5.91 Å². The van der Waals surface area contributed by atoms with E-state index in [0.717, 1.165) is 32.5 Å². The Morgan fingerprint density at radius 1 is 1.11 bits per heavy atom. The Labute approximate surface area is 168 Å². The summed E-state index contributed by atoms with van der Waals surface area (Å²) in [4.78, 5) is 29.5. The number of furan rings is 1. The lowest BCUT2D eigenvalue weighted by atomic mass is 9.95. The lowest BCUT2D eigenvalue weighted by Gasteiger charge is -2.35. The topological polar surface area (TPSA) is 65.8 Å². The van der Waals surface area contributed by atoms with E-state index in [1.54, 1.807) is 6.07 Å². The molecule has 3 rings (SSSR count). The van der Waals surface area contributed by atoms with Crippen LogP contribution in [0.4, 0.5) is 0 Å². The predicted octanol–water partition coefficient (Wildman–Crippen LogP) is 3.15. The molecule has 2 aliphatic heterocycles. The molecule has 0 saturated carbocycles. The molecule has 2 saturated heterocycles. The first-order valence-electron chi connectivity index (χ1n) is 10.9. The van der Waals surface area contributed by atoms with Gasteiger partial charge in [0.05, 0.1) is 11.8 Å². The molecule has 1 aromatic rings. The monoisotopic (exact) mass is 389 g/mol. The number of amides is 2. The Bertz CT molecular complexity index is 613. The smallest absolute Gasteiger partial charge is 0.257 e. The second kappa shape index (κ2) is 10.1. The molecule has 0 aromatic carbocycles. The minimum absolute atomic E-state index is 0.00495. The maximum atomic E-state index is 12.7. The SMILES string of the molecule is CC(C)[C@@H](CNC(=O)C1CCN(C(=O)c2ccoc2)CC1)N1CCCCCC1. The van der Waals surface area contributed by atoms with Crippen LogP contribution in [-0.4, -0.2) is 60.4 Å². The van der Waals surface area contributed by atoms with Crippen LogP contribution in [-0.2, 0) is 4.79 Å². The lowest BCUT2D eigenvalue weighted by molar-refractivity contribution is -0.126. The summed E-state index contributed by atoms with van der Waals surface area (Å²) in [5, 5.41) is 3.22. The summed E-state index contributed by atoms with van der Waals surface area (Å²) in [7, 11) is 0. The zero-order chi connectivity index (χ0) is 19.9. The Hall–Kier alpha value is -1.82. The number of nitrogens with one attached hydrogen (secondary N) is 1. The number of rotatable bonds is 6. The van der Waals surface area contributed by atoms with Crippen molar-refractivity contribution in [1.82, 2.24) is 15.1 Å². The largest absolute Gasteiger partial charge is 0.472 e. The third-order valence-electron chi connectivity index (χ3n) is 6.29. The highest BCUT2D eigenvalue weighted by atomic mass is 16.3. The van der Waals surface area contributed by atoms with E-state index >= 15 is 0 Å². The molecule has 6 heteroatoms. The van der Waals surface area contributed by atoms with Gasteiger partial charge in [-0.1, -0.05) is 26.7 Å². The van der Waals surface area contributed by atoms with Crippen LogP contribution >= 0.6 is 0 Å². The normalized spacial score (nSPS) is 20.8. The quantitative estimate of drug-likeness (QED) is 0.812. The number of nitrogens with zero attached hydrogens (tertiary/aromatic N) is 2. The van der Waals surface area contributed by atoms with E-state index in [-0.39, 0.29) is 17.7 Å². The van der Waals surface area contributed by atoms with Crippen molar-refractivity contribution < 1.29 is 14.0 Å². The summed E-state index contributed by atoms with van der Waals surface area (Å²) >= 11 is 0. The van der Waals surface area contributed by atoms with Crippen LogP contribution in [0.25, 0.3) is 0 Å². The molecule has 0 spiro atoms. The van der Waals surface area contributed by atoms with Crippen molar-refractivity contribution in [1.29, 1.82) is 0 Å². The zero-order valence-electron chi connectivity index (χ0n) is 17.4. The van der Waals surface area contributed by atoms with Crippen molar-refractivity contribution >= 4 is 11.8 Å². The van der Waals surface area contributed by atoms with Crippen LogP contribution in [0.1, 0.15) is 62.7 Å². The minimum atomic E-state index is -0.00589. The maximum Gasteiger partial charge on any atom is 0.257 e. The molecule has 1 atom stereocenters. The van der Waals surface area contributed by atoms with Crippen LogP contribution in [0.15, 0.2) is 23.0 Å². The summed E-state index contributed by atoms with van der Waals surface area (Å²) < 4.78 is 5.00. The first-order chi connectivity index (χ1) is 13.6. The first-order valence-corrected chi connectivity index (χ1v) is 10.9. The first kappa shape index (κ1) is 20.9. The fourth-order valence-corrected chi connectivity index (χ4v) is 4.48. The highest BCUT2D eigenvalue weighted by Gasteiger charge is 2.29. The summed E-state index contributed by atoms with van der Waals surface area (Å²) in [5.41, 5.74) is 0.583. The van der Waals surface area contributed by atoms with Gasteiger partial charge < -0.3 is 14.6 Å². The fraction of sp³-hybridized carbons (Fsp3) is 0.727. The van der Waals surface area contributed by atoms with Gasteiger partial charge in [-0.2, -0.15) is 0 Å². The minimum Gasteiger partial charge on any atom is -0.472 e. The molecule has 3 heterocycles. The van der Waals surface area contributed by atoms with Crippen molar-refractivity contribution in [2.24, 2.45) is 11.8 Å². The molecule has 1 aromatic heterocycles. The van der Waals surface area contributed by atoms with Crippen LogP contribution in [0.5, 0.6) is 0 Å². The third kappa shape index (κ3) is 5.37. The fourth-order valence-electron chi connectivity index (χ4n) is 4.48. The molecule has 0 bridgehead atoms. The van der Waals surface area contributed by atoms with Gasteiger partial charge in [0, 0.05) is 31.6 Å². The molecular formula is C22H35N3O3. The molecule has 2 aliphatic rings. The zero-order valence-corrected chi connectivity index (χ0v) is 17.4. The summed E-state index contributed by atoms with van der Waals surface area (Å²) in [5.74, 6) is 0.669. The van der Waals surface area contributed by atoms with Crippen molar-refractivity contribution in [3.05, 3.63) is 24.2 Å². The average Bonchev–Trinajstić information content (AvgIpc) is 3.11. The molecule has 2 amide bonds. The number of carbonyl (C=O) groups excluding carboxylic acids is 2. The van der Waals surface area contributed by atoms with Gasteiger partial charge in [-0.05, 0) is 50.8 Å². The van der Waals surface area contributed by atoms with E-state index in [1.165, 1.54) is 38.2 Å². The maximum absolute atomic E-state index is 12.7. The van der Waals surface area contributed by atoms with E-state index in [4.69, 9.17) is 4.42 Å². The summed E-state index contributed by atoms with van der Waals surface area (Å²) in [6.07, 6.45) is 9.63. The van der Waals surface area contributed by atoms with Crippen LogP contribution in [0.3, 0.4) is 0 Å². The molecule has 0 radical (unpaired) electrons. The van der Waals surface area contributed by atoms with Crippen LogP contribution in [0.2, 0.25) is 0 Å². The van der Waals surface area contributed by atoms with Crippen LogP contribution < -0.4 is 5.32 Å². The molecule has 156 valence electrons. The van der Waals surface area contributed by atoms with Gasteiger partial charge in [0.25, 0.3) is 5.91 Å². The number of hydrogen-bond donors (Lipinski definition) is 1. The molecule has 2 fully saturated rings. The Balaban J connectivity index is 1.46. The predicted molar refractivity (Wildman–Crippen MR) is 109 cm³/mol.